The van der Waals surface area contributed by atoms with Crippen molar-refractivity contribution in [2.75, 3.05) is 0 Å². The maximum absolute atomic E-state index is 11.3. The van der Waals surface area contributed by atoms with Gasteiger partial charge >= 0.3 is 11.9 Å². The van der Waals surface area contributed by atoms with E-state index in [1.807, 2.05) is 0 Å². The highest BCUT2D eigenvalue weighted by atomic mass is 16.6. The molecule has 0 aromatic rings. The van der Waals surface area contributed by atoms with Crippen LogP contribution in [0.2, 0.25) is 0 Å². The third-order valence-corrected chi connectivity index (χ3v) is 3.13. The second-order valence-electron chi connectivity index (χ2n) is 3.96. The van der Waals surface area contributed by atoms with E-state index < -0.39 is 23.5 Å². The van der Waals surface area contributed by atoms with Crippen LogP contribution in [0.5, 0.6) is 0 Å². The van der Waals surface area contributed by atoms with E-state index >= 15 is 0 Å². The molecule has 0 amide bonds. The van der Waals surface area contributed by atoms with Crippen molar-refractivity contribution in [3.63, 3.8) is 0 Å². The van der Waals surface area contributed by atoms with Crippen molar-refractivity contribution in [1.82, 2.24) is 0 Å². The molecule has 0 radical (unpaired) electrons. The minimum absolute atomic E-state index is 0.0967. The zero-order valence-corrected chi connectivity index (χ0v) is 7.78. The Bertz CT molecular complexity index is 312. The fourth-order valence-electron chi connectivity index (χ4n) is 2.48. The van der Waals surface area contributed by atoms with Crippen LogP contribution in [-0.2, 0) is 14.3 Å². The molecule has 1 unspecified atom stereocenters. The highest BCUT2D eigenvalue weighted by Gasteiger charge is 2.56. The Morgan fingerprint density at radius 2 is 2.07 bits per heavy atom. The first-order chi connectivity index (χ1) is 6.57. The predicted octanol–water partition coefficient (Wildman–Crippen LogP) is 1.11. The number of hydrogen-bond acceptors (Lipinski definition) is 3. The van der Waals surface area contributed by atoms with Crippen molar-refractivity contribution < 1.29 is 19.4 Å². The molecule has 4 nitrogen and oxygen atoms in total. The smallest absolute Gasteiger partial charge is 0.335 e. The molecule has 0 aromatic heterocycles. The second kappa shape index (κ2) is 2.83. The Balaban J connectivity index is 2.37. The van der Waals surface area contributed by atoms with E-state index in [1.165, 1.54) is 0 Å². The Hall–Kier alpha value is -1.32. The molecule has 14 heavy (non-hydrogen) atoms. The summed E-state index contributed by atoms with van der Waals surface area (Å²) in [5, 5.41) is 9.03. The van der Waals surface area contributed by atoms with Crippen LogP contribution in [0.3, 0.4) is 0 Å². The number of carboxylic acids is 1. The number of esters is 1. The summed E-state index contributed by atoms with van der Waals surface area (Å²) in [5.74, 6) is -2.38. The van der Waals surface area contributed by atoms with Gasteiger partial charge in [-0.2, -0.15) is 0 Å². The van der Waals surface area contributed by atoms with Crippen molar-refractivity contribution in [2.45, 2.75) is 31.3 Å². The number of carbonyl (C=O) groups excluding carboxylic acids is 1. The van der Waals surface area contributed by atoms with Gasteiger partial charge in [-0.15, -0.1) is 0 Å². The van der Waals surface area contributed by atoms with Crippen LogP contribution in [0.15, 0.2) is 12.2 Å². The molecule has 1 spiro atoms. The molecule has 1 saturated heterocycles. The number of aliphatic carboxylic acids is 1. The summed E-state index contributed by atoms with van der Waals surface area (Å²) in [7, 11) is 0. The molecule has 1 N–H and O–H groups in total. The molecule has 76 valence electrons. The van der Waals surface area contributed by atoms with Crippen LogP contribution in [0, 0.1) is 5.92 Å². The topological polar surface area (TPSA) is 63.6 Å². The summed E-state index contributed by atoms with van der Waals surface area (Å²) in [4.78, 5) is 22.3. The van der Waals surface area contributed by atoms with E-state index in [0.717, 1.165) is 12.8 Å². The summed E-state index contributed by atoms with van der Waals surface area (Å²) in [5.41, 5.74) is -0.681. The number of hydrogen-bond donors (Lipinski definition) is 1. The first kappa shape index (κ1) is 9.24. The minimum atomic E-state index is -0.997. The summed E-state index contributed by atoms with van der Waals surface area (Å²) in [6.45, 7) is 3.50. The number of rotatable bonds is 1. The molecule has 1 saturated carbocycles. The van der Waals surface area contributed by atoms with E-state index in [9.17, 15) is 9.59 Å². The van der Waals surface area contributed by atoms with Crippen molar-refractivity contribution >= 4 is 11.9 Å². The zero-order chi connectivity index (χ0) is 10.3. The molecule has 1 aliphatic heterocycles. The van der Waals surface area contributed by atoms with Crippen molar-refractivity contribution in [3.8, 4) is 0 Å². The molecule has 2 rings (SSSR count). The second-order valence-corrected chi connectivity index (χ2v) is 3.96. The van der Waals surface area contributed by atoms with Gasteiger partial charge < -0.3 is 9.84 Å². The summed E-state index contributed by atoms with van der Waals surface area (Å²) in [6.07, 6.45) is 3.14. The fourth-order valence-corrected chi connectivity index (χ4v) is 2.48. The average Bonchev–Trinajstić information content (AvgIpc) is 2.61. The minimum Gasteiger partial charge on any atom is -0.481 e. The number of carbonyl (C=O) groups is 2. The first-order valence-electron chi connectivity index (χ1n) is 4.72. The van der Waals surface area contributed by atoms with Gasteiger partial charge in [0.05, 0.1) is 0 Å². The van der Waals surface area contributed by atoms with Gasteiger partial charge in [0.2, 0.25) is 0 Å². The largest absolute Gasteiger partial charge is 0.481 e. The zero-order valence-electron chi connectivity index (χ0n) is 7.78. The lowest BCUT2D eigenvalue weighted by Crippen LogP contribution is -2.37. The fraction of sp³-hybridized carbons (Fsp3) is 0.600. The predicted molar refractivity (Wildman–Crippen MR) is 47.6 cm³/mol. The van der Waals surface area contributed by atoms with Gasteiger partial charge in [-0.1, -0.05) is 6.58 Å². The van der Waals surface area contributed by atoms with Crippen LogP contribution in [0.25, 0.3) is 0 Å². The normalized spacial score (nSPS) is 29.6. The third-order valence-electron chi connectivity index (χ3n) is 3.13. The maximum atomic E-state index is 11.3. The average molecular weight is 196 g/mol. The number of ether oxygens (including phenoxy) is 1. The summed E-state index contributed by atoms with van der Waals surface area (Å²) < 4.78 is 5.18. The molecule has 1 aliphatic carbocycles. The van der Waals surface area contributed by atoms with Gasteiger partial charge in [-0.05, 0) is 25.7 Å². The molecule has 2 fully saturated rings. The Labute approximate surface area is 81.6 Å². The standard InChI is InChI=1S/C10H12O4/c1-6-7(8(11)12)10(14-9(6)13)4-2-3-5-10/h7H,1-5H2,(H,11,12). The van der Waals surface area contributed by atoms with E-state index in [1.54, 1.807) is 0 Å². The van der Waals surface area contributed by atoms with Gasteiger partial charge in [0.15, 0.2) is 0 Å². The first-order valence-corrected chi connectivity index (χ1v) is 4.72. The lowest BCUT2D eigenvalue weighted by molar-refractivity contribution is -0.153. The molecule has 1 atom stereocenters. The van der Waals surface area contributed by atoms with Crippen LogP contribution >= 0.6 is 0 Å². The molecular weight excluding hydrogens is 184 g/mol. The maximum Gasteiger partial charge on any atom is 0.335 e. The van der Waals surface area contributed by atoms with Gasteiger partial charge in [0.25, 0.3) is 0 Å². The Morgan fingerprint density at radius 1 is 1.50 bits per heavy atom. The Kier molecular flexibility index (Phi) is 1.87. The van der Waals surface area contributed by atoms with E-state index in [-0.39, 0.29) is 5.57 Å². The van der Waals surface area contributed by atoms with Crippen molar-refractivity contribution in [1.29, 1.82) is 0 Å². The van der Waals surface area contributed by atoms with Crippen molar-refractivity contribution in [2.24, 2.45) is 5.92 Å². The highest BCUT2D eigenvalue weighted by molar-refractivity contribution is 5.98. The summed E-state index contributed by atoms with van der Waals surface area (Å²) >= 11 is 0. The van der Waals surface area contributed by atoms with Gasteiger partial charge in [-0.25, -0.2) is 4.79 Å². The van der Waals surface area contributed by atoms with E-state index in [4.69, 9.17) is 9.84 Å². The highest BCUT2D eigenvalue weighted by Crippen LogP contribution is 2.47. The van der Waals surface area contributed by atoms with Gasteiger partial charge in [-0.3, -0.25) is 4.79 Å². The van der Waals surface area contributed by atoms with Crippen LogP contribution in [0.1, 0.15) is 25.7 Å². The number of carboxylic acid groups (broad SMARTS) is 1. The molecule has 0 bridgehead atoms. The van der Waals surface area contributed by atoms with E-state index in [0.29, 0.717) is 12.8 Å². The van der Waals surface area contributed by atoms with E-state index in [2.05, 4.69) is 6.58 Å². The third kappa shape index (κ3) is 1.06. The molecule has 0 aromatic carbocycles. The van der Waals surface area contributed by atoms with Crippen LogP contribution < -0.4 is 0 Å². The van der Waals surface area contributed by atoms with Crippen molar-refractivity contribution in [3.05, 3.63) is 12.2 Å². The van der Waals surface area contributed by atoms with Crippen LogP contribution in [0.4, 0.5) is 0 Å². The monoisotopic (exact) mass is 196 g/mol. The van der Waals surface area contributed by atoms with Crippen LogP contribution in [-0.4, -0.2) is 22.6 Å². The van der Waals surface area contributed by atoms with Gasteiger partial charge in [0.1, 0.15) is 11.5 Å². The molecule has 1 heterocycles. The molecule has 4 heteroatoms. The molecular formula is C10H12O4. The Morgan fingerprint density at radius 3 is 2.57 bits per heavy atom. The lowest BCUT2D eigenvalue weighted by Gasteiger charge is -2.25. The quantitative estimate of drug-likeness (QED) is 0.504. The SMILES string of the molecule is C=C1C(=O)OC2(CCCC2)C1C(=O)O. The summed E-state index contributed by atoms with van der Waals surface area (Å²) in [6, 6.07) is 0. The lowest BCUT2D eigenvalue weighted by atomic mass is 9.84. The molecule has 2 aliphatic rings. The van der Waals surface area contributed by atoms with Gasteiger partial charge in [0, 0.05) is 5.57 Å².